The number of halogens is 4. The molecule has 180 valence electrons. The van der Waals surface area contributed by atoms with Gasteiger partial charge in [0.15, 0.2) is 0 Å². The highest BCUT2D eigenvalue weighted by molar-refractivity contribution is 6.30. The first-order valence-electron chi connectivity index (χ1n) is 11.3. The molecule has 1 saturated heterocycles. The molecule has 8 heteroatoms. The normalized spacial score (nSPS) is 16.1. The zero-order valence-corrected chi connectivity index (χ0v) is 19.5. The van der Waals surface area contributed by atoms with E-state index in [-0.39, 0.29) is 18.6 Å². The largest absolute Gasteiger partial charge is 0.416 e. The van der Waals surface area contributed by atoms with Crippen LogP contribution in [0.2, 0.25) is 5.02 Å². The summed E-state index contributed by atoms with van der Waals surface area (Å²) in [7, 11) is 0. The van der Waals surface area contributed by atoms with Crippen LogP contribution in [0.5, 0.6) is 0 Å². The van der Waals surface area contributed by atoms with Gasteiger partial charge in [0.05, 0.1) is 18.3 Å². The average Bonchev–Trinajstić information content (AvgIpc) is 2.81. The fourth-order valence-corrected chi connectivity index (χ4v) is 3.94. The second-order valence-electron chi connectivity index (χ2n) is 8.33. The average molecular weight is 483 g/mol. The van der Waals surface area contributed by atoms with Gasteiger partial charge in [-0.1, -0.05) is 49.2 Å². The van der Waals surface area contributed by atoms with Crippen molar-refractivity contribution in [3.8, 4) is 0 Å². The van der Waals surface area contributed by atoms with E-state index in [4.69, 9.17) is 16.3 Å². The highest BCUT2D eigenvalue weighted by Crippen LogP contribution is 2.30. The Labute approximate surface area is 198 Å². The fourth-order valence-electron chi connectivity index (χ4n) is 3.82. The third kappa shape index (κ3) is 7.73. The zero-order valence-electron chi connectivity index (χ0n) is 18.8. The van der Waals surface area contributed by atoms with Gasteiger partial charge in [0.25, 0.3) is 0 Å². The summed E-state index contributed by atoms with van der Waals surface area (Å²) in [5.74, 6) is 0.212. The monoisotopic (exact) mass is 482 g/mol. The van der Waals surface area contributed by atoms with Crippen LogP contribution in [0.25, 0.3) is 0 Å². The van der Waals surface area contributed by atoms with Crippen molar-refractivity contribution in [1.82, 2.24) is 9.80 Å². The van der Waals surface area contributed by atoms with E-state index >= 15 is 0 Å². The quantitative estimate of drug-likeness (QED) is 0.442. The van der Waals surface area contributed by atoms with Crippen LogP contribution in [0.15, 0.2) is 48.5 Å². The number of carbonyl (C=O) groups excluding carboxylic acids is 1. The molecular weight excluding hydrogens is 453 g/mol. The van der Waals surface area contributed by atoms with E-state index < -0.39 is 11.7 Å². The highest BCUT2D eigenvalue weighted by atomic mass is 35.5. The fraction of sp³-hybridized carbons (Fsp3) is 0.480. The molecule has 0 saturated carbocycles. The molecule has 1 aliphatic heterocycles. The van der Waals surface area contributed by atoms with Crippen LogP contribution in [0.1, 0.15) is 49.0 Å². The molecular formula is C25H30ClF3N2O2. The van der Waals surface area contributed by atoms with Crippen LogP contribution in [0, 0.1) is 0 Å². The Morgan fingerprint density at radius 3 is 2.24 bits per heavy atom. The predicted octanol–water partition coefficient (Wildman–Crippen LogP) is 5.95. The van der Waals surface area contributed by atoms with Crippen molar-refractivity contribution >= 4 is 17.5 Å². The van der Waals surface area contributed by atoms with Gasteiger partial charge in [-0.2, -0.15) is 13.2 Å². The maximum atomic E-state index is 12.8. The third-order valence-electron chi connectivity index (χ3n) is 5.87. The number of unbranched alkanes of at least 4 members (excludes halogenated alkanes) is 1. The lowest BCUT2D eigenvalue weighted by Gasteiger charge is -2.36. The molecule has 2 aromatic rings. The Morgan fingerprint density at radius 2 is 1.67 bits per heavy atom. The van der Waals surface area contributed by atoms with E-state index in [1.54, 1.807) is 12.1 Å². The second kappa shape index (κ2) is 11.9. The Kier molecular flexibility index (Phi) is 9.18. The molecule has 2 aromatic carbocycles. The number of benzene rings is 2. The summed E-state index contributed by atoms with van der Waals surface area (Å²) in [6.45, 7) is 5.79. The Balaban J connectivity index is 1.61. The Hall–Kier alpha value is -2.09. The van der Waals surface area contributed by atoms with Crippen LogP contribution in [-0.2, 0) is 22.3 Å². The van der Waals surface area contributed by atoms with Gasteiger partial charge in [0, 0.05) is 44.2 Å². The first-order valence-corrected chi connectivity index (χ1v) is 11.7. The summed E-state index contributed by atoms with van der Waals surface area (Å²) in [6.07, 6.45) is -2.11. The third-order valence-corrected chi connectivity index (χ3v) is 6.12. The van der Waals surface area contributed by atoms with E-state index in [2.05, 4.69) is 11.8 Å². The number of nitrogens with zero attached hydrogens (tertiary/aromatic N) is 2. The molecule has 1 unspecified atom stereocenters. The minimum absolute atomic E-state index is 0.195. The number of hydrogen-bond acceptors (Lipinski definition) is 3. The number of ether oxygens (including phenoxy) is 1. The van der Waals surface area contributed by atoms with Crippen molar-refractivity contribution in [1.29, 1.82) is 0 Å². The first kappa shape index (κ1) is 25.5. The van der Waals surface area contributed by atoms with Crippen molar-refractivity contribution in [2.45, 2.75) is 45.1 Å². The molecule has 33 heavy (non-hydrogen) atoms. The van der Waals surface area contributed by atoms with Crippen molar-refractivity contribution in [2.75, 3.05) is 32.7 Å². The van der Waals surface area contributed by atoms with E-state index in [9.17, 15) is 18.0 Å². The molecule has 4 nitrogen and oxygen atoms in total. The maximum Gasteiger partial charge on any atom is 0.416 e. The first-order chi connectivity index (χ1) is 15.8. The minimum Gasteiger partial charge on any atom is -0.368 e. The van der Waals surface area contributed by atoms with Crippen LogP contribution < -0.4 is 0 Å². The van der Waals surface area contributed by atoms with E-state index in [0.717, 1.165) is 43.6 Å². The molecule has 0 bridgehead atoms. The predicted molar refractivity (Wildman–Crippen MR) is 123 cm³/mol. The summed E-state index contributed by atoms with van der Waals surface area (Å²) >= 11 is 6.03. The van der Waals surface area contributed by atoms with E-state index in [0.29, 0.717) is 36.6 Å². The summed E-state index contributed by atoms with van der Waals surface area (Å²) < 4.78 is 44.6. The number of alkyl halides is 3. The second-order valence-corrected chi connectivity index (χ2v) is 8.77. The molecule has 3 rings (SSSR count). The number of piperazine rings is 1. The number of rotatable bonds is 9. The standard InChI is InChI=1S/C25H30ClF3N2O2/c1-2-3-4-24(32)31-15-13-30(14-16-31)17-23(20-7-11-22(26)12-8-20)33-18-19-5-9-21(10-6-19)25(27,28)29/h5-12,23H,2-4,13-18H2,1H3. The maximum absolute atomic E-state index is 12.8. The molecule has 1 aliphatic rings. The number of carbonyl (C=O) groups is 1. The van der Waals surface area contributed by atoms with E-state index in [1.165, 1.54) is 12.1 Å². The molecule has 0 spiro atoms. The molecule has 0 aliphatic carbocycles. The van der Waals surface area contributed by atoms with Gasteiger partial charge in [-0.3, -0.25) is 9.69 Å². The minimum atomic E-state index is -4.36. The van der Waals surface area contributed by atoms with Crippen LogP contribution >= 0.6 is 11.6 Å². The van der Waals surface area contributed by atoms with Gasteiger partial charge in [0.2, 0.25) is 5.91 Å². The molecule has 0 radical (unpaired) electrons. The van der Waals surface area contributed by atoms with Crippen molar-refractivity contribution in [3.63, 3.8) is 0 Å². The lowest BCUT2D eigenvalue weighted by atomic mass is 10.1. The van der Waals surface area contributed by atoms with Gasteiger partial charge in [0.1, 0.15) is 0 Å². The lowest BCUT2D eigenvalue weighted by Crippen LogP contribution is -2.49. The van der Waals surface area contributed by atoms with Gasteiger partial charge < -0.3 is 9.64 Å². The smallest absolute Gasteiger partial charge is 0.368 e. The highest BCUT2D eigenvalue weighted by Gasteiger charge is 2.30. The van der Waals surface area contributed by atoms with Crippen LogP contribution in [0.4, 0.5) is 13.2 Å². The lowest BCUT2D eigenvalue weighted by molar-refractivity contribution is -0.137. The van der Waals surface area contributed by atoms with Gasteiger partial charge >= 0.3 is 6.18 Å². The van der Waals surface area contributed by atoms with Gasteiger partial charge in [-0.25, -0.2) is 0 Å². The summed E-state index contributed by atoms with van der Waals surface area (Å²) in [5, 5.41) is 0.624. The van der Waals surface area contributed by atoms with Crippen molar-refractivity contribution in [2.24, 2.45) is 0 Å². The number of amides is 1. The van der Waals surface area contributed by atoms with Crippen LogP contribution in [-0.4, -0.2) is 48.4 Å². The molecule has 1 amide bonds. The summed E-state index contributed by atoms with van der Waals surface area (Å²) in [4.78, 5) is 16.5. The molecule has 0 N–H and O–H groups in total. The number of hydrogen-bond donors (Lipinski definition) is 0. The van der Waals surface area contributed by atoms with E-state index in [1.807, 2.05) is 17.0 Å². The van der Waals surface area contributed by atoms with Gasteiger partial charge in [-0.05, 0) is 41.8 Å². The summed E-state index contributed by atoms with van der Waals surface area (Å²) in [6, 6.07) is 12.5. The zero-order chi connectivity index (χ0) is 23.8. The molecule has 1 atom stereocenters. The van der Waals surface area contributed by atoms with Crippen molar-refractivity contribution < 1.29 is 22.7 Å². The SMILES string of the molecule is CCCCC(=O)N1CCN(CC(OCc2ccc(C(F)(F)F)cc2)c2ccc(Cl)cc2)CC1. The van der Waals surface area contributed by atoms with Crippen LogP contribution in [0.3, 0.4) is 0 Å². The molecule has 1 fully saturated rings. The molecule has 0 aromatic heterocycles. The van der Waals surface area contributed by atoms with Gasteiger partial charge in [-0.15, -0.1) is 0 Å². The summed E-state index contributed by atoms with van der Waals surface area (Å²) in [5.41, 5.74) is 0.952. The van der Waals surface area contributed by atoms with Crippen molar-refractivity contribution in [3.05, 3.63) is 70.2 Å². The Morgan fingerprint density at radius 1 is 1.03 bits per heavy atom. The Bertz CT molecular complexity index is 880. The molecule has 1 heterocycles. The topological polar surface area (TPSA) is 32.8 Å².